The van der Waals surface area contributed by atoms with E-state index in [0.717, 1.165) is 22.2 Å². The molecule has 0 N–H and O–H groups in total. The summed E-state index contributed by atoms with van der Waals surface area (Å²) in [6, 6.07) is 1.95. The predicted molar refractivity (Wildman–Crippen MR) is 112 cm³/mol. The van der Waals surface area contributed by atoms with Gasteiger partial charge in [0.1, 0.15) is 6.10 Å². The average Bonchev–Trinajstić information content (AvgIpc) is 3.13. The van der Waals surface area contributed by atoms with Crippen molar-refractivity contribution in [3.63, 3.8) is 0 Å². The van der Waals surface area contributed by atoms with E-state index in [9.17, 15) is 13.2 Å². The highest BCUT2D eigenvalue weighted by molar-refractivity contribution is 5.80. The Balaban J connectivity index is 1.50. The van der Waals surface area contributed by atoms with Gasteiger partial charge in [0.05, 0.1) is 31.0 Å². The van der Waals surface area contributed by atoms with Crippen LogP contribution in [0.2, 0.25) is 0 Å². The van der Waals surface area contributed by atoms with E-state index in [1.165, 1.54) is 0 Å². The first-order valence-corrected chi connectivity index (χ1v) is 10.8. The van der Waals surface area contributed by atoms with Crippen LogP contribution in [0.15, 0.2) is 18.5 Å². The van der Waals surface area contributed by atoms with Crippen molar-refractivity contribution in [1.29, 1.82) is 0 Å². The van der Waals surface area contributed by atoms with E-state index in [0.29, 0.717) is 37.0 Å². The quantitative estimate of drug-likeness (QED) is 0.606. The topological polar surface area (TPSA) is 69.0 Å². The largest absolute Gasteiger partial charge is 0.391 e. The molecule has 0 bridgehead atoms. The van der Waals surface area contributed by atoms with Crippen LogP contribution in [0.1, 0.15) is 47.4 Å². The number of morpholine rings is 1. The molecule has 1 saturated heterocycles. The SMILES string of the molecule is Cc1cc2c(C3CC(C(F)(F)F)C3)nc(N3CCO[C@H](c4cnn(C)c4)C3)nc2nc1C. The summed E-state index contributed by atoms with van der Waals surface area (Å²) < 4.78 is 47.0. The maximum Gasteiger partial charge on any atom is 0.391 e. The third-order valence-electron chi connectivity index (χ3n) is 6.58. The summed E-state index contributed by atoms with van der Waals surface area (Å²) in [5.74, 6) is -1.01. The number of hydrogen-bond acceptors (Lipinski definition) is 6. The van der Waals surface area contributed by atoms with E-state index in [2.05, 4.69) is 10.1 Å². The maximum absolute atomic E-state index is 13.1. The molecule has 0 amide bonds. The molecule has 2 fully saturated rings. The Morgan fingerprint density at radius 1 is 1.12 bits per heavy atom. The molecule has 5 rings (SSSR count). The smallest absolute Gasteiger partial charge is 0.370 e. The fourth-order valence-electron chi connectivity index (χ4n) is 4.45. The minimum Gasteiger partial charge on any atom is -0.370 e. The number of nitrogens with zero attached hydrogens (tertiary/aromatic N) is 6. The van der Waals surface area contributed by atoms with Gasteiger partial charge in [0.25, 0.3) is 0 Å². The van der Waals surface area contributed by atoms with Gasteiger partial charge in [-0.05, 0) is 38.3 Å². The molecule has 1 atom stereocenters. The van der Waals surface area contributed by atoms with Crippen LogP contribution < -0.4 is 4.90 Å². The summed E-state index contributed by atoms with van der Waals surface area (Å²) >= 11 is 0. The number of rotatable bonds is 3. The number of hydrogen-bond donors (Lipinski definition) is 0. The van der Waals surface area contributed by atoms with Gasteiger partial charge in [0.15, 0.2) is 5.65 Å². The van der Waals surface area contributed by atoms with Crippen molar-refractivity contribution in [1.82, 2.24) is 24.7 Å². The van der Waals surface area contributed by atoms with Crippen LogP contribution in [-0.2, 0) is 11.8 Å². The Labute approximate surface area is 183 Å². The summed E-state index contributed by atoms with van der Waals surface area (Å²) in [5, 5.41) is 4.97. The number of anilines is 1. The van der Waals surface area contributed by atoms with E-state index >= 15 is 0 Å². The molecule has 170 valence electrons. The number of aryl methyl sites for hydroxylation is 3. The summed E-state index contributed by atoms with van der Waals surface area (Å²) in [7, 11) is 1.85. The Morgan fingerprint density at radius 3 is 2.59 bits per heavy atom. The predicted octanol–water partition coefficient (Wildman–Crippen LogP) is 4.01. The Hall–Kier alpha value is -2.75. The molecule has 0 radical (unpaired) electrons. The van der Waals surface area contributed by atoms with Crippen LogP contribution in [-0.4, -0.2) is 50.6 Å². The van der Waals surface area contributed by atoms with Crippen molar-refractivity contribution in [2.45, 2.75) is 44.9 Å². The first-order valence-electron chi connectivity index (χ1n) is 10.8. The van der Waals surface area contributed by atoms with Gasteiger partial charge in [-0.3, -0.25) is 4.68 Å². The van der Waals surface area contributed by atoms with Gasteiger partial charge in [0.2, 0.25) is 5.95 Å². The highest BCUT2D eigenvalue weighted by Gasteiger charge is 2.49. The van der Waals surface area contributed by atoms with Crippen LogP contribution in [0, 0.1) is 19.8 Å². The Morgan fingerprint density at radius 2 is 1.91 bits per heavy atom. The molecule has 3 aromatic heterocycles. The first-order chi connectivity index (χ1) is 15.2. The lowest BCUT2D eigenvalue weighted by atomic mass is 9.72. The molecule has 2 aliphatic rings. The molecule has 0 aromatic carbocycles. The fraction of sp³-hybridized carbons (Fsp3) is 0.545. The zero-order chi connectivity index (χ0) is 22.6. The summed E-state index contributed by atoms with van der Waals surface area (Å²) in [5.41, 5.74) is 4.00. The van der Waals surface area contributed by atoms with Crippen LogP contribution in [0.5, 0.6) is 0 Å². The van der Waals surface area contributed by atoms with Gasteiger partial charge >= 0.3 is 6.18 Å². The van der Waals surface area contributed by atoms with E-state index in [-0.39, 0.29) is 24.9 Å². The van der Waals surface area contributed by atoms with Gasteiger partial charge in [-0.1, -0.05) is 0 Å². The van der Waals surface area contributed by atoms with Crippen LogP contribution in [0.4, 0.5) is 19.1 Å². The van der Waals surface area contributed by atoms with Crippen LogP contribution >= 0.6 is 0 Å². The van der Waals surface area contributed by atoms with Gasteiger partial charge < -0.3 is 9.64 Å². The Bertz CT molecular complexity index is 1150. The van der Waals surface area contributed by atoms with Gasteiger partial charge in [-0.2, -0.15) is 23.3 Å². The molecule has 1 aliphatic heterocycles. The third kappa shape index (κ3) is 3.80. The fourth-order valence-corrected chi connectivity index (χ4v) is 4.45. The zero-order valence-electron chi connectivity index (χ0n) is 18.2. The minimum absolute atomic E-state index is 0.0589. The van der Waals surface area contributed by atoms with E-state index < -0.39 is 12.1 Å². The second-order valence-electron chi connectivity index (χ2n) is 8.83. The zero-order valence-corrected chi connectivity index (χ0v) is 18.2. The number of alkyl halides is 3. The standard InChI is InChI=1S/C22H25F3N6O/c1-12-6-17-19(14-7-16(8-14)22(23,24)25)28-21(29-20(17)27-13(12)2)31-4-5-32-18(11-31)15-9-26-30(3)10-15/h6,9-10,14,16,18H,4-5,7-8,11H2,1-3H3/t14?,16?,18-/m0/s1. The van der Waals surface area contributed by atoms with E-state index in [4.69, 9.17) is 14.7 Å². The number of ether oxygens (including phenoxy) is 1. The van der Waals surface area contributed by atoms with Crippen molar-refractivity contribution in [2.24, 2.45) is 13.0 Å². The average molecular weight is 446 g/mol. The van der Waals surface area contributed by atoms with Crippen molar-refractivity contribution < 1.29 is 17.9 Å². The van der Waals surface area contributed by atoms with Gasteiger partial charge in [-0.25, -0.2) is 9.97 Å². The molecule has 32 heavy (non-hydrogen) atoms. The van der Waals surface area contributed by atoms with Gasteiger partial charge in [-0.15, -0.1) is 0 Å². The van der Waals surface area contributed by atoms with Gasteiger partial charge in [0, 0.05) is 42.4 Å². The molecule has 1 saturated carbocycles. The molecule has 0 spiro atoms. The highest BCUT2D eigenvalue weighted by Crippen LogP contribution is 2.50. The summed E-state index contributed by atoms with van der Waals surface area (Å²) in [4.78, 5) is 16.2. The molecule has 3 aromatic rings. The number of halogens is 3. The summed E-state index contributed by atoms with van der Waals surface area (Å²) in [6.07, 6.45) is -0.521. The monoisotopic (exact) mass is 446 g/mol. The van der Waals surface area contributed by atoms with Crippen LogP contribution in [0.25, 0.3) is 11.0 Å². The van der Waals surface area contributed by atoms with Crippen molar-refractivity contribution >= 4 is 17.0 Å². The lowest BCUT2D eigenvalue weighted by Gasteiger charge is -2.37. The minimum atomic E-state index is -4.16. The number of pyridine rings is 1. The normalized spacial score (nSPS) is 24.1. The molecule has 10 heteroatoms. The Kier molecular flexibility index (Phi) is 5.07. The number of aromatic nitrogens is 5. The molecular formula is C22H25F3N6O. The third-order valence-corrected chi connectivity index (χ3v) is 6.58. The molecule has 0 unspecified atom stereocenters. The van der Waals surface area contributed by atoms with Crippen LogP contribution in [0.3, 0.4) is 0 Å². The summed E-state index contributed by atoms with van der Waals surface area (Å²) in [6.45, 7) is 5.49. The van der Waals surface area contributed by atoms with E-state index in [1.807, 2.05) is 38.1 Å². The van der Waals surface area contributed by atoms with E-state index in [1.54, 1.807) is 10.9 Å². The highest BCUT2D eigenvalue weighted by atomic mass is 19.4. The lowest BCUT2D eigenvalue weighted by molar-refractivity contribution is -0.197. The van der Waals surface area contributed by atoms with Crippen molar-refractivity contribution in [3.05, 3.63) is 41.0 Å². The second-order valence-corrected chi connectivity index (χ2v) is 8.83. The number of fused-ring (bicyclic) bond motifs is 1. The maximum atomic E-state index is 13.1. The van der Waals surface area contributed by atoms with Crippen molar-refractivity contribution in [3.8, 4) is 0 Å². The van der Waals surface area contributed by atoms with Crippen molar-refractivity contribution in [2.75, 3.05) is 24.6 Å². The molecule has 1 aliphatic carbocycles. The second kappa shape index (κ2) is 7.68. The molecule has 4 heterocycles. The lowest BCUT2D eigenvalue weighted by Crippen LogP contribution is -2.40. The molecule has 7 nitrogen and oxygen atoms in total. The first kappa shape index (κ1) is 21.1. The molecular weight excluding hydrogens is 421 g/mol.